The molecule has 4 fully saturated rings. The number of hydrogen-bond acceptors (Lipinski definition) is 9. The first kappa shape index (κ1) is 32.0. The van der Waals surface area contributed by atoms with Crippen LogP contribution in [0.25, 0.3) is 0 Å². The van der Waals surface area contributed by atoms with E-state index in [1.807, 2.05) is 18.7 Å². The first-order valence-corrected chi connectivity index (χ1v) is 17.1. The molecule has 1 unspecified atom stereocenters. The van der Waals surface area contributed by atoms with Gasteiger partial charge in [0.2, 0.25) is 17.7 Å². The van der Waals surface area contributed by atoms with Crippen molar-refractivity contribution in [2.24, 2.45) is 5.92 Å². The van der Waals surface area contributed by atoms with E-state index in [2.05, 4.69) is 70.5 Å². The highest BCUT2D eigenvalue weighted by molar-refractivity contribution is 5.79. The summed E-state index contributed by atoms with van der Waals surface area (Å²) in [5.74, 6) is 2.42. The smallest absolute Gasteiger partial charge is 0.230 e. The molecule has 1 amide bonds. The summed E-state index contributed by atoms with van der Waals surface area (Å²) in [6, 6.07) is 22.0. The second kappa shape index (κ2) is 14.3. The lowest BCUT2D eigenvalue weighted by Gasteiger charge is -2.54. The highest BCUT2D eigenvalue weighted by atomic mass is 16.7. The highest BCUT2D eigenvalue weighted by Crippen LogP contribution is 2.42. The predicted molar refractivity (Wildman–Crippen MR) is 177 cm³/mol. The van der Waals surface area contributed by atoms with Crippen LogP contribution in [0.4, 0.5) is 0 Å². The van der Waals surface area contributed by atoms with Crippen molar-refractivity contribution in [3.05, 3.63) is 83.2 Å². The molecular weight excluding hydrogens is 594 g/mol. The molecule has 47 heavy (non-hydrogen) atoms. The van der Waals surface area contributed by atoms with E-state index >= 15 is 0 Å². The van der Waals surface area contributed by atoms with Gasteiger partial charge in [0.05, 0.1) is 37.9 Å². The van der Waals surface area contributed by atoms with E-state index < -0.39 is 0 Å². The summed E-state index contributed by atoms with van der Waals surface area (Å²) in [7, 11) is 1.69. The zero-order valence-electron chi connectivity index (χ0n) is 27.8. The van der Waals surface area contributed by atoms with Gasteiger partial charge in [-0.3, -0.25) is 14.6 Å². The lowest BCUT2D eigenvalue weighted by Crippen LogP contribution is -2.67. The number of ether oxygens (including phenoxy) is 4. The van der Waals surface area contributed by atoms with Crippen LogP contribution in [0.5, 0.6) is 11.8 Å². The van der Waals surface area contributed by atoms with Crippen molar-refractivity contribution in [3.8, 4) is 11.8 Å². The molecule has 0 N–H and O–H groups in total. The number of aromatic nitrogens is 2. The van der Waals surface area contributed by atoms with E-state index in [0.717, 1.165) is 43.9 Å². The number of amides is 1. The van der Waals surface area contributed by atoms with Gasteiger partial charge in [0.15, 0.2) is 0 Å². The van der Waals surface area contributed by atoms with Gasteiger partial charge in [0, 0.05) is 63.2 Å². The number of piperazine rings is 2. The third kappa shape index (κ3) is 7.16. The summed E-state index contributed by atoms with van der Waals surface area (Å²) in [5, 5.41) is 0. The van der Waals surface area contributed by atoms with Crippen LogP contribution in [0.3, 0.4) is 0 Å². The van der Waals surface area contributed by atoms with Crippen molar-refractivity contribution in [1.29, 1.82) is 0 Å². The van der Waals surface area contributed by atoms with Crippen LogP contribution >= 0.6 is 0 Å². The quantitative estimate of drug-likeness (QED) is 0.322. The first-order chi connectivity index (χ1) is 23.0. The molecule has 3 aliphatic heterocycles. The number of hydrogen-bond donors (Lipinski definition) is 0. The van der Waals surface area contributed by atoms with E-state index in [4.69, 9.17) is 28.9 Å². The molecule has 4 heterocycles. The minimum atomic E-state index is -0.255. The molecule has 10 heteroatoms. The maximum Gasteiger partial charge on any atom is 0.230 e. The Kier molecular flexibility index (Phi) is 9.72. The summed E-state index contributed by atoms with van der Waals surface area (Å²) >= 11 is 0. The molecule has 1 saturated carbocycles. The third-order valence-corrected chi connectivity index (χ3v) is 9.85. The van der Waals surface area contributed by atoms with Crippen LogP contribution in [0, 0.1) is 5.92 Å². The van der Waals surface area contributed by atoms with Crippen LogP contribution in [0.1, 0.15) is 61.0 Å². The fourth-order valence-corrected chi connectivity index (χ4v) is 7.51. The third-order valence-electron chi connectivity index (χ3n) is 9.85. The van der Waals surface area contributed by atoms with Crippen molar-refractivity contribution < 1.29 is 23.7 Å². The fraction of sp³-hybridized carbons (Fsp3) is 0.541. The molecule has 3 aromatic rings. The Morgan fingerprint density at radius 3 is 2.17 bits per heavy atom. The number of carbonyl (C=O) groups is 1. The van der Waals surface area contributed by atoms with E-state index in [1.165, 1.54) is 11.1 Å². The van der Waals surface area contributed by atoms with Gasteiger partial charge >= 0.3 is 0 Å². The van der Waals surface area contributed by atoms with Crippen molar-refractivity contribution >= 4 is 5.91 Å². The van der Waals surface area contributed by atoms with Gasteiger partial charge in [0.25, 0.3) is 0 Å². The van der Waals surface area contributed by atoms with Crippen molar-refractivity contribution in [2.45, 2.75) is 63.3 Å². The average molecular weight is 642 g/mol. The minimum Gasteiger partial charge on any atom is -0.481 e. The first-order valence-electron chi connectivity index (χ1n) is 17.1. The molecule has 1 aliphatic carbocycles. The van der Waals surface area contributed by atoms with Crippen molar-refractivity contribution in [1.82, 2.24) is 24.7 Å². The lowest BCUT2D eigenvalue weighted by molar-refractivity contribution is -0.164. The topological polar surface area (TPSA) is 89.5 Å². The van der Waals surface area contributed by atoms with Crippen molar-refractivity contribution in [2.75, 3.05) is 59.8 Å². The van der Waals surface area contributed by atoms with Crippen LogP contribution in [-0.4, -0.2) is 109 Å². The summed E-state index contributed by atoms with van der Waals surface area (Å²) in [6.45, 7) is 9.52. The standard InChI is InChI=1S/C37H47N5O5/c1-25(2)47-36-31(35(44-3)38-34(39-36)28-14-15-28)20-40-18-30-19-41(37(43)29-22-45-24-46-23-29)16-17-42(30)32(21-40)33(26-10-6-4-7-11-26)27-12-8-5-9-13-27/h4-13,25,28-30,32-33H,14-24H2,1-3H3/t30-,32?/m1/s1. The zero-order chi connectivity index (χ0) is 32.3. The number of rotatable bonds is 10. The van der Waals surface area contributed by atoms with Gasteiger partial charge in [-0.05, 0) is 37.8 Å². The second-order valence-electron chi connectivity index (χ2n) is 13.6. The number of fused-ring (bicyclic) bond motifs is 1. The lowest BCUT2D eigenvalue weighted by atomic mass is 9.81. The van der Waals surface area contributed by atoms with Gasteiger partial charge in [0.1, 0.15) is 12.6 Å². The Morgan fingerprint density at radius 2 is 1.55 bits per heavy atom. The van der Waals surface area contributed by atoms with Gasteiger partial charge in [-0.25, -0.2) is 0 Å². The molecule has 0 spiro atoms. The molecular formula is C37H47N5O5. The van der Waals surface area contributed by atoms with Gasteiger partial charge in [-0.1, -0.05) is 60.7 Å². The average Bonchev–Trinajstić information content (AvgIpc) is 3.96. The SMILES string of the molecule is COc1nc(C2CC2)nc(OC(C)C)c1CN1CC(C(c2ccccc2)c2ccccc2)N2CCN(C(=O)C3COCOC3)C[C@H]2C1. The van der Waals surface area contributed by atoms with Gasteiger partial charge in [-0.2, -0.15) is 9.97 Å². The summed E-state index contributed by atoms with van der Waals surface area (Å²) in [6.07, 6.45) is 2.17. The monoisotopic (exact) mass is 641 g/mol. The van der Waals surface area contributed by atoms with E-state index in [9.17, 15) is 4.79 Å². The molecule has 7 rings (SSSR count). The number of methoxy groups -OCH3 is 1. The Balaban J connectivity index is 1.24. The zero-order valence-corrected chi connectivity index (χ0v) is 27.8. The Labute approximate surface area is 278 Å². The number of carbonyl (C=O) groups excluding carboxylic acids is 1. The normalized spacial score (nSPS) is 22.8. The predicted octanol–water partition coefficient (Wildman–Crippen LogP) is 4.30. The summed E-state index contributed by atoms with van der Waals surface area (Å²) in [4.78, 5) is 30.7. The van der Waals surface area contributed by atoms with E-state index in [0.29, 0.717) is 50.5 Å². The van der Waals surface area contributed by atoms with Crippen molar-refractivity contribution in [3.63, 3.8) is 0 Å². The Bertz CT molecular complexity index is 1460. The van der Waals surface area contributed by atoms with Crippen LogP contribution in [-0.2, 0) is 20.8 Å². The molecule has 0 bridgehead atoms. The second-order valence-corrected chi connectivity index (χ2v) is 13.6. The maximum absolute atomic E-state index is 13.7. The van der Waals surface area contributed by atoms with Crippen LogP contribution < -0.4 is 9.47 Å². The summed E-state index contributed by atoms with van der Waals surface area (Å²) < 4.78 is 23.2. The largest absolute Gasteiger partial charge is 0.481 e. The fourth-order valence-electron chi connectivity index (χ4n) is 7.51. The molecule has 3 saturated heterocycles. The number of benzene rings is 2. The maximum atomic E-state index is 13.7. The van der Waals surface area contributed by atoms with Crippen LogP contribution in [0.15, 0.2) is 60.7 Å². The molecule has 250 valence electrons. The van der Waals surface area contributed by atoms with E-state index in [-0.39, 0.29) is 42.7 Å². The minimum absolute atomic E-state index is 0.0313. The van der Waals surface area contributed by atoms with Gasteiger partial charge < -0.3 is 23.8 Å². The van der Waals surface area contributed by atoms with E-state index in [1.54, 1.807) is 7.11 Å². The van der Waals surface area contributed by atoms with Gasteiger partial charge in [-0.15, -0.1) is 0 Å². The molecule has 0 radical (unpaired) electrons. The highest BCUT2D eigenvalue weighted by Gasteiger charge is 2.44. The molecule has 10 nitrogen and oxygen atoms in total. The Morgan fingerprint density at radius 1 is 0.894 bits per heavy atom. The molecule has 2 atom stereocenters. The summed E-state index contributed by atoms with van der Waals surface area (Å²) in [5.41, 5.74) is 3.46. The molecule has 2 aromatic carbocycles. The number of nitrogens with zero attached hydrogens (tertiary/aromatic N) is 5. The molecule has 4 aliphatic rings. The molecule has 1 aromatic heterocycles. The van der Waals surface area contributed by atoms with Crippen LogP contribution in [0.2, 0.25) is 0 Å². The Hall–Kier alpha value is -3.57.